The van der Waals surface area contributed by atoms with Crippen LogP contribution in [0, 0.1) is 0 Å². The molecule has 3 aromatic carbocycles. The lowest BCUT2D eigenvalue weighted by molar-refractivity contribution is -0.132. The molecule has 1 saturated heterocycles. The summed E-state index contributed by atoms with van der Waals surface area (Å²) in [6, 6.07) is 18.8. The van der Waals surface area contributed by atoms with Crippen molar-refractivity contribution in [1.82, 2.24) is 0 Å². The normalized spacial score (nSPS) is 16.4. The van der Waals surface area contributed by atoms with Crippen molar-refractivity contribution in [3.05, 3.63) is 89.0 Å². The lowest BCUT2D eigenvalue weighted by atomic mass is 9.94. The molecule has 0 aliphatic carbocycles. The van der Waals surface area contributed by atoms with Crippen LogP contribution < -0.4 is 19.1 Å². The Morgan fingerprint density at radius 1 is 0.872 bits per heavy atom. The van der Waals surface area contributed by atoms with Gasteiger partial charge in [-0.1, -0.05) is 51.0 Å². The summed E-state index contributed by atoms with van der Waals surface area (Å²) < 4.78 is 16.6. The second-order valence-electron chi connectivity index (χ2n) is 9.38. The first-order chi connectivity index (χ1) is 18.9. The summed E-state index contributed by atoms with van der Waals surface area (Å²) in [4.78, 5) is 28.4. The van der Waals surface area contributed by atoms with Gasteiger partial charge in [-0.15, -0.1) is 0 Å². The third-order valence-electron chi connectivity index (χ3n) is 6.94. The summed E-state index contributed by atoms with van der Waals surface area (Å²) >= 11 is 0. The first kappa shape index (κ1) is 27.8. The fraction of sp³-hybridized carbons (Fsp3) is 0.312. The number of rotatable bonds is 11. The molecule has 1 aliphatic rings. The Bertz CT molecular complexity index is 1340. The van der Waals surface area contributed by atoms with E-state index in [9.17, 15) is 14.7 Å². The minimum atomic E-state index is -0.834. The molecule has 1 amide bonds. The van der Waals surface area contributed by atoms with Crippen LogP contribution in [0.15, 0.2) is 72.3 Å². The molecule has 39 heavy (non-hydrogen) atoms. The van der Waals surface area contributed by atoms with Crippen LogP contribution in [0.3, 0.4) is 0 Å². The summed E-state index contributed by atoms with van der Waals surface area (Å²) in [7, 11) is 3.04. The Morgan fingerprint density at radius 3 is 2.18 bits per heavy atom. The third kappa shape index (κ3) is 5.77. The van der Waals surface area contributed by atoms with E-state index in [1.54, 1.807) is 42.5 Å². The molecule has 1 unspecified atom stereocenters. The van der Waals surface area contributed by atoms with E-state index in [0.717, 1.165) is 31.2 Å². The van der Waals surface area contributed by atoms with Crippen molar-refractivity contribution < 1.29 is 28.9 Å². The number of aliphatic hydroxyl groups excluding tert-OH is 1. The highest BCUT2D eigenvalue weighted by Crippen LogP contribution is 2.44. The van der Waals surface area contributed by atoms with Gasteiger partial charge < -0.3 is 19.3 Å². The average molecular weight is 530 g/mol. The predicted molar refractivity (Wildman–Crippen MR) is 152 cm³/mol. The van der Waals surface area contributed by atoms with E-state index in [2.05, 4.69) is 13.8 Å². The third-order valence-corrected chi connectivity index (χ3v) is 6.94. The van der Waals surface area contributed by atoms with Gasteiger partial charge in [0.2, 0.25) is 0 Å². The minimum absolute atomic E-state index is 0.0237. The number of unbranched alkanes of at least 4 members (excludes halogenated alkanes) is 2. The Balaban J connectivity index is 1.78. The number of ether oxygens (including phenoxy) is 3. The van der Waals surface area contributed by atoms with Gasteiger partial charge in [-0.05, 0) is 60.4 Å². The van der Waals surface area contributed by atoms with Crippen molar-refractivity contribution in [3.8, 4) is 17.2 Å². The van der Waals surface area contributed by atoms with E-state index >= 15 is 0 Å². The lowest BCUT2D eigenvalue weighted by Crippen LogP contribution is -2.29. The molecule has 7 nitrogen and oxygen atoms in total. The van der Waals surface area contributed by atoms with Crippen LogP contribution in [0.5, 0.6) is 17.2 Å². The van der Waals surface area contributed by atoms with Crippen LogP contribution in [-0.2, 0) is 16.0 Å². The molecular formula is C32H35NO6. The molecule has 0 saturated carbocycles. The van der Waals surface area contributed by atoms with Crippen LogP contribution >= 0.6 is 0 Å². The number of methoxy groups -OCH3 is 2. The largest absolute Gasteiger partial charge is 0.507 e. The Kier molecular flexibility index (Phi) is 8.92. The summed E-state index contributed by atoms with van der Waals surface area (Å²) in [6.45, 7) is 4.81. The molecule has 1 atom stereocenters. The first-order valence-corrected chi connectivity index (χ1v) is 13.3. The van der Waals surface area contributed by atoms with Crippen LogP contribution in [0.2, 0.25) is 0 Å². The van der Waals surface area contributed by atoms with Crippen molar-refractivity contribution in [3.63, 3.8) is 0 Å². The molecule has 204 valence electrons. The van der Waals surface area contributed by atoms with E-state index in [0.29, 0.717) is 40.7 Å². The molecule has 0 bridgehead atoms. The van der Waals surface area contributed by atoms with E-state index in [4.69, 9.17) is 14.2 Å². The summed E-state index contributed by atoms with van der Waals surface area (Å²) in [5.41, 5.74) is 2.73. The number of benzene rings is 3. The molecule has 3 aromatic rings. The topological polar surface area (TPSA) is 85.3 Å². The smallest absolute Gasteiger partial charge is 0.300 e. The Hall–Kier alpha value is -4.26. The average Bonchev–Trinajstić information content (AvgIpc) is 3.24. The highest BCUT2D eigenvalue weighted by molar-refractivity contribution is 6.51. The summed E-state index contributed by atoms with van der Waals surface area (Å²) in [5.74, 6) is -0.125. The number of Topliss-reactive ketones (excluding diaryl/α,β-unsaturated/α-hetero) is 1. The first-order valence-electron chi connectivity index (χ1n) is 13.3. The SMILES string of the molecule is CCCCCOc1ccc(/C(O)=C2\C(=O)C(=O)N(c3ccc(OC)c(OC)c3)C2c2ccc(CC)cc2)cc1. The molecule has 1 N–H and O–H groups in total. The number of carbonyl (C=O) groups excluding carboxylic acids is 2. The fourth-order valence-corrected chi connectivity index (χ4v) is 4.73. The van der Waals surface area contributed by atoms with E-state index < -0.39 is 17.7 Å². The van der Waals surface area contributed by atoms with Gasteiger partial charge in [-0.25, -0.2) is 0 Å². The molecule has 4 rings (SSSR count). The van der Waals surface area contributed by atoms with Gasteiger partial charge in [-0.2, -0.15) is 0 Å². The fourth-order valence-electron chi connectivity index (χ4n) is 4.73. The molecule has 1 heterocycles. The van der Waals surface area contributed by atoms with Crippen LogP contribution in [0.4, 0.5) is 5.69 Å². The lowest BCUT2D eigenvalue weighted by Gasteiger charge is -2.26. The number of hydrogen-bond acceptors (Lipinski definition) is 6. The van der Waals surface area contributed by atoms with E-state index in [1.165, 1.54) is 19.1 Å². The Labute approximate surface area is 229 Å². The predicted octanol–water partition coefficient (Wildman–Crippen LogP) is 6.46. The molecule has 0 radical (unpaired) electrons. The number of hydrogen-bond donors (Lipinski definition) is 1. The van der Waals surface area contributed by atoms with Gasteiger partial charge in [0.25, 0.3) is 11.7 Å². The minimum Gasteiger partial charge on any atom is -0.507 e. The van der Waals surface area contributed by atoms with Gasteiger partial charge in [0, 0.05) is 17.3 Å². The number of ketones is 1. The summed E-state index contributed by atoms with van der Waals surface area (Å²) in [5, 5.41) is 11.4. The van der Waals surface area contributed by atoms with Gasteiger partial charge in [0.05, 0.1) is 32.4 Å². The highest BCUT2D eigenvalue weighted by atomic mass is 16.5. The van der Waals surface area contributed by atoms with Crippen molar-refractivity contribution in [2.75, 3.05) is 25.7 Å². The zero-order valence-corrected chi connectivity index (χ0v) is 22.9. The van der Waals surface area contributed by atoms with Gasteiger partial charge in [0.1, 0.15) is 11.5 Å². The van der Waals surface area contributed by atoms with Crippen LogP contribution in [0.1, 0.15) is 55.8 Å². The van der Waals surface area contributed by atoms with E-state index in [1.807, 2.05) is 24.3 Å². The quantitative estimate of drug-likeness (QED) is 0.133. The molecule has 1 fully saturated rings. The van der Waals surface area contributed by atoms with Crippen LogP contribution in [0.25, 0.3) is 5.76 Å². The Morgan fingerprint density at radius 2 is 1.56 bits per heavy atom. The standard InChI is InChI=1S/C32H35NO6/c1-5-7-8-19-39-25-16-13-23(14-17-25)30(34)28-29(22-11-9-21(6-2)10-12-22)33(32(36)31(28)35)24-15-18-26(37-3)27(20-24)38-4/h9-18,20,29,34H,5-8,19H2,1-4H3/b30-28+. The maximum atomic E-state index is 13.5. The monoisotopic (exact) mass is 529 g/mol. The maximum absolute atomic E-state index is 13.5. The van der Waals surface area contributed by atoms with Gasteiger partial charge in [0.15, 0.2) is 11.5 Å². The zero-order valence-electron chi connectivity index (χ0n) is 22.9. The number of aryl methyl sites for hydroxylation is 1. The molecule has 0 spiro atoms. The zero-order chi connectivity index (χ0) is 27.9. The second kappa shape index (κ2) is 12.5. The number of anilines is 1. The van der Waals surface area contributed by atoms with Crippen molar-refractivity contribution in [2.45, 2.75) is 45.6 Å². The van der Waals surface area contributed by atoms with E-state index in [-0.39, 0.29) is 11.3 Å². The molecular weight excluding hydrogens is 494 g/mol. The maximum Gasteiger partial charge on any atom is 0.300 e. The molecule has 7 heteroatoms. The van der Waals surface area contributed by atoms with Gasteiger partial charge in [-0.3, -0.25) is 14.5 Å². The number of nitrogens with zero attached hydrogens (tertiary/aromatic N) is 1. The van der Waals surface area contributed by atoms with Crippen LogP contribution in [-0.4, -0.2) is 37.6 Å². The number of carbonyl (C=O) groups is 2. The molecule has 0 aromatic heterocycles. The van der Waals surface area contributed by atoms with Gasteiger partial charge >= 0.3 is 0 Å². The van der Waals surface area contributed by atoms with Crippen molar-refractivity contribution in [1.29, 1.82) is 0 Å². The van der Waals surface area contributed by atoms with Crippen molar-refractivity contribution >= 4 is 23.1 Å². The second-order valence-corrected chi connectivity index (χ2v) is 9.38. The molecule has 1 aliphatic heterocycles. The van der Waals surface area contributed by atoms with Crippen molar-refractivity contribution in [2.24, 2.45) is 0 Å². The number of aliphatic hydroxyl groups is 1. The number of amides is 1. The highest BCUT2D eigenvalue weighted by Gasteiger charge is 2.47. The summed E-state index contributed by atoms with van der Waals surface area (Å²) in [6.07, 6.45) is 4.02.